The van der Waals surface area contributed by atoms with Crippen molar-refractivity contribution in [1.29, 1.82) is 0 Å². The van der Waals surface area contributed by atoms with Gasteiger partial charge in [-0.15, -0.1) is 0 Å². The number of rotatable bonds is 3. The first-order valence-corrected chi connectivity index (χ1v) is 8.89. The lowest BCUT2D eigenvalue weighted by atomic mass is 9.94. The largest absolute Gasteiger partial charge is 0.339 e. The smallest absolute Gasteiger partial charge is 0.229 e. The number of nitrogens with one attached hydrogen (secondary N) is 1. The van der Waals surface area contributed by atoms with E-state index in [1.54, 1.807) is 6.07 Å². The molecule has 4 nitrogen and oxygen atoms in total. The molecule has 23 heavy (non-hydrogen) atoms. The lowest BCUT2D eigenvalue weighted by Gasteiger charge is -2.31. The van der Waals surface area contributed by atoms with Crippen molar-refractivity contribution in [3.05, 3.63) is 28.5 Å². The number of anilines is 1. The summed E-state index contributed by atoms with van der Waals surface area (Å²) in [6, 6.07) is 4.78. The summed E-state index contributed by atoms with van der Waals surface area (Å²) in [6.45, 7) is 0.452. The average molecular weight is 383 g/mol. The Kier molecular flexibility index (Phi) is 4.99. The monoisotopic (exact) mass is 382 g/mol. The summed E-state index contributed by atoms with van der Waals surface area (Å²) < 4.78 is 14.4. The number of carbonyl (C=O) groups is 2. The molecular formula is C17H20BrFN2O2. The van der Waals surface area contributed by atoms with Gasteiger partial charge in [-0.3, -0.25) is 9.59 Å². The highest BCUT2D eigenvalue weighted by atomic mass is 79.9. The molecule has 2 aliphatic rings. The molecule has 2 amide bonds. The lowest BCUT2D eigenvalue weighted by molar-refractivity contribution is -0.130. The molecule has 124 valence electrons. The van der Waals surface area contributed by atoms with Gasteiger partial charge in [-0.05, 0) is 31.0 Å². The maximum atomic E-state index is 13.8. The van der Waals surface area contributed by atoms with Crippen LogP contribution >= 0.6 is 15.9 Å². The average Bonchev–Trinajstić information content (AvgIpc) is 2.93. The van der Waals surface area contributed by atoms with Crippen LogP contribution in [0.3, 0.4) is 0 Å². The van der Waals surface area contributed by atoms with Crippen LogP contribution in [0.25, 0.3) is 0 Å². The van der Waals surface area contributed by atoms with Crippen molar-refractivity contribution in [2.24, 2.45) is 5.92 Å². The Balaban J connectivity index is 1.63. The van der Waals surface area contributed by atoms with Gasteiger partial charge in [0.15, 0.2) is 0 Å². The third-order valence-corrected chi connectivity index (χ3v) is 5.23. The van der Waals surface area contributed by atoms with E-state index in [9.17, 15) is 14.0 Å². The highest BCUT2D eigenvalue weighted by Gasteiger charge is 2.38. The first kappa shape index (κ1) is 16.4. The van der Waals surface area contributed by atoms with Crippen LogP contribution in [-0.2, 0) is 9.59 Å². The molecule has 1 aromatic carbocycles. The van der Waals surface area contributed by atoms with Gasteiger partial charge in [0.05, 0.1) is 11.6 Å². The standard InChI is InChI=1S/C17H20BrFN2O2/c18-12-6-7-15(14(19)9-12)20-17(23)11-8-16(22)21(10-11)13-4-2-1-3-5-13/h6-7,9,11,13H,1-5,8,10H2,(H,20,23)/t11-/m1/s1. The molecule has 1 aromatic rings. The zero-order valence-corrected chi connectivity index (χ0v) is 14.4. The normalized spacial score (nSPS) is 22.4. The van der Waals surface area contributed by atoms with Gasteiger partial charge >= 0.3 is 0 Å². The van der Waals surface area contributed by atoms with Crippen molar-refractivity contribution in [3.8, 4) is 0 Å². The quantitative estimate of drug-likeness (QED) is 0.865. The molecule has 0 radical (unpaired) electrons. The van der Waals surface area contributed by atoms with Gasteiger partial charge in [-0.1, -0.05) is 35.2 Å². The molecule has 6 heteroatoms. The first-order chi connectivity index (χ1) is 11.0. The number of likely N-dealkylation sites (tertiary alicyclic amines) is 1. The molecule has 1 aliphatic carbocycles. The molecule has 1 atom stereocenters. The predicted octanol–water partition coefficient (Wildman–Crippen LogP) is 3.71. The van der Waals surface area contributed by atoms with E-state index in [1.807, 2.05) is 4.90 Å². The van der Waals surface area contributed by atoms with Crippen LogP contribution in [0.2, 0.25) is 0 Å². The Morgan fingerprint density at radius 3 is 2.70 bits per heavy atom. The van der Waals surface area contributed by atoms with Crippen LogP contribution in [0.1, 0.15) is 38.5 Å². The Morgan fingerprint density at radius 2 is 2.00 bits per heavy atom. The van der Waals surface area contributed by atoms with E-state index < -0.39 is 11.7 Å². The van der Waals surface area contributed by atoms with Crippen molar-refractivity contribution < 1.29 is 14.0 Å². The van der Waals surface area contributed by atoms with Crippen LogP contribution in [-0.4, -0.2) is 29.3 Å². The van der Waals surface area contributed by atoms with Gasteiger partial charge in [-0.2, -0.15) is 0 Å². The summed E-state index contributed by atoms with van der Waals surface area (Å²) in [5, 5.41) is 2.61. The highest BCUT2D eigenvalue weighted by molar-refractivity contribution is 9.10. The fourth-order valence-electron chi connectivity index (χ4n) is 3.48. The minimum absolute atomic E-state index is 0.0494. The van der Waals surface area contributed by atoms with Crippen molar-refractivity contribution in [2.75, 3.05) is 11.9 Å². The van der Waals surface area contributed by atoms with Gasteiger partial charge in [0, 0.05) is 23.5 Å². The molecule has 1 heterocycles. The molecule has 0 unspecified atom stereocenters. The molecule has 1 aliphatic heterocycles. The second-order valence-electron chi connectivity index (χ2n) is 6.35. The van der Waals surface area contributed by atoms with Crippen LogP contribution in [0.5, 0.6) is 0 Å². The van der Waals surface area contributed by atoms with Crippen molar-refractivity contribution in [2.45, 2.75) is 44.6 Å². The maximum absolute atomic E-state index is 13.8. The summed E-state index contributed by atoms with van der Waals surface area (Å²) in [5.41, 5.74) is 0.154. The minimum Gasteiger partial charge on any atom is -0.339 e. The summed E-state index contributed by atoms with van der Waals surface area (Å²) in [5.74, 6) is -1.11. The fraction of sp³-hybridized carbons (Fsp3) is 0.529. The molecule has 0 spiro atoms. The molecule has 0 aromatic heterocycles. The minimum atomic E-state index is -0.485. The Morgan fingerprint density at radius 1 is 1.26 bits per heavy atom. The van der Waals surface area contributed by atoms with E-state index in [0.717, 1.165) is 25.7 Å². The number of halogens is 2. The van der Waals surface area contributed by atoms with Crippen LogP contribution in [0.15, 0.2) is 22.7 Å². The number of hydrogen-bond acceptors (Lipinski definition) is 2. The van der Waals surface area contributed by atoms with E-state index in [2.05, 4.69) is 21.2 Å². The summed E-state index contributed by atoms with van der Waals surface area (Å²) in [7, 11) is 0. The van der Waals surface area contributed by atoms with E-state index in [-0.39, 0.29) is 30.0 Å². The maximum Gasteiger partial charge on any atom is 0.229 e. The number of benzene rings is 1. The first-order valence-electron chi connectivity index (χ1n) is 8.10. The van der Waals surface area contributed by atoms with Crippen molar-refractivity contribution in [3.63, 3.8) is 0 Å². The van der Waals surface area contributed by atoms with Gasteiger partial charge in [0.1, 0.15) is 5.82 Å². The Labute approximate surface area is 143 Å². The highest BCUT2D eigenvalue weighted by Crippen LogP contribution is 2.29. The number of nitrogens with zero attached hydrogens (tertiary/aromatic N) is 1. The predicted molar refractivity (Wildman–Crippen MR) is 89.4 cm³/mol. The molecule has 1 N–H and O–H groups in total. The van der Waals surface area contributed by atoms with Crippen molar-refractivity contribution >= 4 is 33.4 Å². The third kappa shape index (κ3) is 3.74. The number of carbonyl (C=O) groups excluding carboxylic acids is 2. The topological polar surface area (TPSA) is 49.4 Å². The Bertz CT molecular complexity index is 617. The van der Waals surface area contributed by atoms with E-state index in [1.165, 1.54) is 18.6 Å². The molecular weight excluding hydrogens is 363 g/mol. The Hall–Kier alpha value is -1.43. The number of amides is 2. The van der Waals surface area contributed by atoms with E-state index >= 15 is 0 Å². The second-order valence-corrected chi connectivity index (χ2v) is 7.27. The second kappa shape index (κ2) is 6.99. The van der Waals surface area contributed by atoms with Gasteiger partial charge in [0.25, 0.3) is 0 Å². The van der Waals surface area contributed by atoms with Crippen LogP contribution in [0, 0.1) is 11.7 Å². The van der Waals surface area contributed by atoms with Crippen LogP contribution < -0.4 is 5.32 Å². The zero-order valence-electron chi connectivity index (χ0n) is 12.9. The summed E-state index contributed by atoms with van der Waals surface area (Å²) >= 11 is 3.18. The summed E-state index contributed by atoms with van der Waals surface area (Å²) in [4.78, 5) is 26.4. The van der Waals surface area contributed by atoms with Crippen LogP contribution in [0.4, 0.5) is 10.1 Å². The lowest BCUT2D eigenvalue weighted by Crippen LogP contribution is -2.38. The molecule has 2 fully saturated rings. The van der Waals surface area contributed by atoms with Gasteiger partial charge in [0.2, 0.25) is 11.8 Å². The molecule has 0 bridgehead atoms. The van der Waals surface area contributed by atoms with Crippen molar-refractivity contribution in [1.82, 2.24) is 4.90 Å². The molecule has 1 saturated heterocycles. The van der Waals surface area contributed by atoms with Gasteiger partial charge in [-0.25, -0.2) is 4.39 Å². The molecule has 3 rings (SSSR count). The third-order valence-electron chi connectivity index (χ3n) is 4.73. The number of hydrogen-bond donors (Lipinski definition) is 1. The summed E-state index contributed by atoms with van der Waals surface area (Å²) in [6.07, 6.45) is 5.80. The SMILES string of the molecule is O=C(Nc1ccc(Br)cc1F)[C@@H]1CC(=O)N(C2CCCCC2)C1. The van der Waals surface area contributed by atoms with Gasteiger partial charge < -0.3 is 10.2 Å². The molecule has 1 saturated carbocycles. The van der Waals surface area contributed by atoms with E-state index in [0.29, 0.717) is 11.0 Å². The zero-order chi connectivity index (χ0) is 16.4. The fourth-order valence-corrected chi connectivity index (χ4v) is 3.81. The van der Waals surface area contributed by atoms with E-state index in [4.69, 9.17) is 0 Å².